The summed E-state index contributed by atoms with van der Waals surface area (Å²) in [7, 11) is 0. The van der Waals surface area contributed by atoms with Gasteiger partial charge in [-0.3, -0.25) is 9.59 Å². The zero-order valence-electron chi connectivity index (χ0n) is 13.4. The number of nitrogens with one attached hydrogen (secondary N) is 2. The van der Waals surface area contributed by atoms with E-state index in [1.54, 1.807) is 55.5 Å². The van der Waals surface area contributed by atoms with Gasteiger partial charge in [-0.05, 0) is 43.3 Å². The van der Waals surface area contributed by atoms with Gasteiger partial charge in [0.15, 0.2) is 6.10 Å². The van der Waals surface area contributed by atoms with Gasteiger partial charge in [-0.1, -0.05) is 12.1 Å². The minimum Gasteiger partial charge on any atom is -0.481 e. The van der Waals surface area contributed by atoms with Crippen LogP contribution in [0.4, 0.5) is 11.4 Å². The first-order chi connectivity index (χ1) is 11.5. The second kappa shape index (κ2) is 7.79. The predicted octanol–water partition coefficient (Wildman–Crippen LogP) is 2.92. The van der Waals surface area contributed by atoms with Crippen molar-refractivity contribution in [1.29, 1.82) is 5.26 Å². The Morgan fingerprint density at radius 3 is 2.38 bits per heavy atom. The van der Waals surface area contributed by atoms with Crippen LogP contribution in [0.3, 0.4) is 0 Å². The maximum atomic E-state index is 12.2. The van der Waals surface area contributed by atoms with Gasteiger partial charge in [0.25, 0.3) is 5.91 Å². The molecule has 6 nitrogen and oxygen atoms in total. The smallest absolute Gasteiger partial charge is 0.265 e. The number of para-hydroxylation sites is 1. The summed E-state index contributed by atoms with van der Waals surface area (Å²) in [6.45, 7) is 3.04. The molecule has 0 aliphatic carbocycles. The fraction of sp³-hybridized carbons (Fsp3) is 0.167. The summed E-state index contributed by atoms with van der Waals surface area (Å²) in [5.74, 6) is -0.0171. The number of hydrogen-bond acceptors (Lipinski definition) is 4. The van der Waals surface area contributed by atoms with Crippen LogP contribution >= 0.6 is 0 Å². The monoisotopic (exact) mass is 323 g/mol. The summed E-state index contributed by atoms with van der Waals surface area (Å²) in [5, 5.41) is 14.4. The summed E-state index contributed by atoms with van der Waals surface area (Å²) < 4.78 is 5.57. The first-order valence-corrected chi connectivity index (χ1v) is 7.34. The number of hydrogen-bond donors (Lipinski definition) is 2. The highest BCUT2D eigenvalue weighted by Crippen LogP contribution is 2.18. The molecule has 0 spiro atoms. The number of carbonyl (C=O) groups excluding carboxylic acids is 2. The van der Waals surface area contributed by atoms with Crippen LogP contribution in [0, 0.1) is 11.3 Å². The van der Waals surface area contributed by atoms with E-state index in [9.17, 15) is 9.59 Å². The van der Waals surface area contributed by atoms with Crippen LogP contribution < -0.4 is 15.4 Å². The van der Waals surface area contributed by atoms with Crippen molar-refractivity contribution >= 4 is 23.2 Å². The number of anilines is 2. The zero-order chi connectivity index (χ0) is 17.5. The number of nitrogens with zero attached hydrogens (tertiary/aromatic N) is 1. The Balaban J connectivity index is 1.99. The van der Waals surface area contributed by atoms with Gasteiger partial charge in [-0.2, -0.15) is 5.26 Å². The molecule has 2 aromatic carbocycles. The van der Waals surface area contributed by atoms with Crippen LogP contribution in [0.1, 0.15) is 19.4 Å². The lowest BCUT2D eigenvalue weighted by molar-refractivity contribution is -0.122. The Labute approximate surface area is 140 Å². The van der Waals surface area contributed by atoms with Crippen molar-refractivity contribution in [2.75, 3.05) is 10.6 Å². The summed E-state index contributed by atoms with van der Waals surface area (Å²) in [5.41, 5.74) is 1.48. The van der Waals surface area contributed by atoms with E-state index >= 15 is 0 Å². The normalized spacial score (nSPS) is 11.0. The molecule has 0 aliphatic rings. The van der Waals surface area contributed by atoms with Crippen molar-refractivity contribution in [2.45, 2.75) is 20.0 Å². The lowest BCUT2D eigenvalue weighted by Crippen LogP contribution is -2.30. The van der Waals surface area contributed by atoms with E-state index in [2.05, 4.69) is 10.6 Å². The summed E-state index contributed by atoms with van der Waals surface area (Å²) >= 11 is 0. The molecule has 2 aromatic rings. The third kappa shape index (κ3) is 4.58. The molecule has 0 aromatic heterocycles. The topological polar surface area (TPSA) is 91.2 Å². The van der Waals surface area contributed by atoms with E-state index < -0.39 is 6.10 Å². The first-order valence-electron chi connectivity index (χ1n) is 7.34. The largest absolute Gasteiger partial charge is 0.481 e. The zero-order valence-corrected chi connectivity index (χ0v) is 13.4. The molecule has 0 radical (unpaired) electrons. The molecule has 24 heavy (non-hydrogen) atoms. The van der Waals surface area contributed by atoms with Crippen LogP contribution in [-0.4, -0.2) is 17.9 Å². The number of nitriles is 1. The molecule has 0 saturated carbocycles. The van der Waals surface area contributed by atoms with Crippen LogP contribution in [0.15, 0.2) is 48.5 Å². The molecular formula is C18H17N3O3. The maximum Gasteiger partial charge on any atom is 0.265 e. The molecule has 122 valence electrons. The second-order valence-electron chi connectivity index (χ2n) is 5.11. The van der Waals surface area contributed by atoms with Crippen LogP contribution in [0.25, 0.3) is 0 Å². The fourth-order valence-electron chi connectivity index (χ4n) is 2.00. The van der Waals surface area contributed by atoms with Gasteiger partial charge in [0, 0.05) is 12.6 Å². The standard InChI is InChI=1S/C18H17N3O3/c1-12(18(23)21-17-6-4-3-5-14(17)11-19)24-16-9-7-15(8-10-16)20-13(2)22/h3-10,12H,1-2H3,(H,20,22)(H,21,23)/t12-/m1/s1. The van der Waals surface area contributed by atoms with Crippen molar-refractivity contribution in [2.24, 2.45) is 0 Å². The molecule has 6 heteroatoms. The van der Waals surface area contributed by atoms with E-state index in [0.29, 0.717) is 22.7 Å². The summed E-state index contributed by atoms with van der Waals surface area (Å²) in [6, 6.07) is 15.5. The third-order valence-electron chi connectivity index (χ3n) is 3.16. The summed E-state index contributed by atoms with van der Waals surface area (Å²) in [4.78, 5) is 23.2. The molecule has 0 fully saturated rings. The Hall–Kier alpha value is -3.33. The van der Waals surface area contributed by atoms with Gasteiger partial charge in [0.05, 0.1) is 11.3 Å². The first kappa shape index (κ1) is 17.0. The van der Waals surface area contributed by atoms with Crippen LogP contribution in [-0.2, 0) is 9.59 Å². The third-order valence-corrected chi connectivity index (χ3v) is 3.16. The number of rotatable bonds is 5. The van der Waals surface area contributed by atoms with E-state index in [-0.39, 0.29) is 11.8 Å². The lowest BCUT2D eigenvalue weighted by Gasteiger charge is -2.15. The minimum atomic E-state index is -0.747. The van der Waals surface area contributed by atoms with Gasteiger partial charge in [-0.25, -0.2) is 0 Å². The molecule has 2 N–H and O–H groups in total. The lowest BCUT2D eigenvalue weighted by atomic mass is 10.2. The molecule has 0 saturated heterocycles. The molecule has 0 bridgehead atoms. The van der Waals surface area contributed by atoms with E-state index in [1.165, 1.54) is 6.92 Å². The molecule has 2 amide bonds. The van der Waals surface area contributed by atoms with Crippen LogP contribution in [0.5, 0.6) is 5.75 Å². The molecular weight excluding hydrogens is 306 g/mol. The van der Waals surface area contributed by atoms with Crippen molar-refractivity contribution in [3.63, 3.8) is 0 Å². The van der Waals surface area contributed by atoms with Gasteiger partial charge in [0.1, 0.15) is 11.8 Å². The Morgan fingerprint density at radius 2 is 1.75 bits per heavy atom. The minimum absolute atomic E-state index is 0.160. The highest BCUT2D eigenvalue weighted by Gasteiger charge is 2.16. The average Bonchev–Trinajstić information content (AvgIpc) is 2.56. The van der Waals surface area contributed by atoms with E-state index in [0.717, 1.165) is 0 Å². The van der Waals surface area contributed by atoms with E-state index in [4.69, 9.17) is 10.00 Å². The van der Waals surface area contributed by atoms with Crippen molar-refractivity contribution < 1.29 is 14.3 Å². The van der Waals surface area contributed by atoms with Crippen molar-refractivity contribution in [3.05, 3.63) is 54.1 Å². The molecule has 0 heterocycles. The highest BCUT2D eigenvalue weighted by atomic mass is 16.5. The number of ether oxygens (including phenoxy) is 1. The average molecular weight is 323 g/mol. The van der Waals surface area contributed by atoms with E-state index in [1.807, 2.05) is 6.07 Å². The molecule has 2 rings (SSSR count). The van der Waals surface area contributed by atoms with Crippen molar-refractivity contribution in [3.8, 4) is 11.8 Å². The quantitative estimate of drug-likeness (QED) is 0.885. The number of amides is 2. The van der Waals surface area contributed by atoms with Gasteiger partial charge in [0.2, 0.25) is 5.91 Å². The van der Waals surface area contributed by atoms with Gasteiger partial charge >= 0.3 is 0 Å². The Morgan fingerprint density at radius 1 is 1.08 bits per heavy atom. The molecule has 0 aliphatic heterocycles. The summed E-state index contributed by atoms with van der Waals surface area (Å²) in [6.07, 6.45) is -0.747. The molecule has 1 atom stereocenters. The maximum absolute atomic E-state index is 12.2. The SMILES string of the molecule is CC(=O)Nc1ccc(O[C@H](C)C(=O)Nc2ccccc2C#N)cc1. The fourth-order valence-corrected chi connectivity index (χ4v) is 2.00. The van der Waals surface area contributed by atoms with Crippen molar-refractivity contribution in [1.82, 2.24) is 0 Å². The molecule has 0 unspecified atom stereocenters. The number of carbonyl (C=O) groups is 2. The number of benzene rings is 2. The second-order valence-corrected chi connectivity index (χ2v) is 5.11. The highest BCUT2D eigenvalue weighted by molar-refractivity contribution is 5.95. The Bertz CT molecular complexity index is 779. The predicted molar refractivity (Wildman–Crippen MR) is 90.6 cm³/mol. The van der Waals surface area contributed by atoms with Gasteiger partial charge < -0.3 is 15.4 Å². The Kier molecular flexibility index (Phi) is 5.53. The van der Waals surface area contributed by atoms with Gasteiger partial charge in [-0.15, -0.1) is 0 Å². The van der Waals surface area contributed by atoms with Crippen LogP contribution in [0.2, 0.25) is 0 Å².